The van der Waals surface area contributed by atoms with Gasteiger partial charge in [0.05, 0.1) is 0 Å². The fourth-order valence-electron chi connectivity index (χ4n) is 3.83. The number of nitrogens with one attached hydrogen (secondary N) is 1. The minimum atomic E-state index is 0.833. The molecule has 0 aromatic carbocycles. The van der Waals surface area contributed by atoms with Gasteiger partial charge in [-0.2, -0.15) is 0 Å². The van der Waals surface area contributed by atoms with Crippen LogP contribution < -0.4 is 5.32 Å². The molecule has 4 rings (SSSR count). The van der Waals surface area contributed by atoms with E-state index in [2.05, 4.69) is 27.7 Å². The molecule has 2 saturated heterocycles. The Morgan fingerprint density at radius 3 is 2.83 bits per heavy atom. The summed E-state index contributed by atoms with van der Waals surface area (Å²) >= 11 is 1.91. The monoisotopic (exact) mass is 262 g/mol. The maximum absolute atomic E-state index is 3.78. The van der Waals surface area contributed by atoms with Crippen LogP contribution in [0.25, 0.3) is 0 Å². The van der Waals surface area contributed by atoms with Gasteiger partial charge in [-0.1, -0.05) is 6.07 Å². The fourth-order valence-corrected chi connectivity index (χ4v) is 4.56. The van der Waals surface area contributed by atoms with E-state index in [1.54, 1.807) is 0 Å². The Morgan fingerprint density at radius 2 is 2.22 bits per heavy atom. The molecule has 3 heterocycles. The number of hydrogen-bond acceptors (Lipinski definition) is 3. The van der Waals surface area contributed by atoms with E-state index in [-0.39, 0.29) is 0 Å². The molecule has 3 aliphatic rings. The molecule has 3 fully saturated rings. The standard InChI is InChI=1S/C15H22N2S/c1-2-14(18-7-1)10-17(13-4-5-13)9-11-8-12-3-6-15(11)16-12/h1-2,7,11-13,15-16H,3-6,8-10H2. The van der Waals surface area contributed by atoms with Crippen molar-refractivity contribution in [2.75, 3.05) is 6.54 Å². The summed E-state index contributed by atoms with van der Waals surface area (Å²) in [5.74, 6) is 0.921. The Balaban J connectivity index is 1.40. The van der Waals surface area contributed by atoms with Gasteiger partial charge in [0.2, 0.25) is 0 Å². The van der Waals surface area contributed by atoms with Crippen LogP contribution in [0.5, 0.6) is 0 Å². The highest BCUT2D eigenvalue weighted by Crippen LogP contribution is 2.37. The lowest BCUT2D eigenvalue weighted by molar-refractivity contribution is 0.197. The summed E-state index contributed by atoms with van der Waals surface area (Å²) in [5, 5.41) is 5.99. The highest BCUT2D eigenvalue weighted by atomic mass is 32.1. The third-order valence-electron chi connectivity index (χ3n) is 4.90. The van der Waals surface area contributed by atoms with Crippen molar-refractivity contribution in [1.29, 1.82) is 0 Å². The van der Waals surface area contributed by atoms with Gasteiger partial charge in [0.15, 0.2) is 0 Å². The Morgan fingerprint density at radius 1 is 1.28 bits per heavy atom. The van der Waals surface area contributed by atoms with E-state index in [0.717, 1.165) is 24.0 Å². The molecule has 2 aliphatic heterocycles. The lowest BCUT2D eigenvalue weighted by atomic mass is 9.89. The first-order valence-electron chi connectivity index (χ1n) is 7.41. The molecule has 3 unspecified atom stereocenters. The van der Waals surface area contributed by atoms with Crippen LogP contribution in [0.4, 0.5) is 0 Å². The summed E-state index contributed by atoms with van der Waals surface area (Å²) in [6.07, 6.45) is 7.14. The zero-order valence-electron chi connectivity index (χ0n) is 10.8. The van der Waals surface area contributed by atoms with Crippen LogP contribution in [-0.4, -0.2) is 29.6 Å². The van der Waals surface area contributed by atoms with Crippen molar-refractivity contribution in [3.63, 3.8) is 0 Å². The van der Waals surface area contributed by atoms with Crippen LogP contribution in [-0.2, 0) is 6.54 Å². The first-order chi connectivity index (χ1) is 8.88. The molecule has 2 bridgehead atoms. The summed E-state index contributed by atoms with van der Waals surface area (Å²) in [7, 11) is 0. The minimum Gasteiger partial charge on any atom is -0.311 e. The number of fused-ring (bicyclic) bond motifs is 2. The van der Waals surface area contributed by atoms with Crippen LogP contribution in [0.3, 0.4) is 0 Å². The smallest absolute Gasteiger partial charge is 0.0330 e. The zero-order chi connectivity index (χ0) is 11.9. The topological polar surface area (TPSA) is 15.3 Å². The van der Waals surface area contributed by atoms with Crippen LogP contribution in [0, 0.1) is 5.92 Å². The van der Waals surface area contributed by atoms with Gasteiger partial charge >= 0.3 is 0 Å². The van der Waals surface area contributed by atoms with Gasteiger partial charge in [-0.25, -0.2) is 0 Å². The lowest BCUT2D eigenvalue weighted by Crippen LogP contribution is -2.36. The number of rotatable bonds is 5. The molecule has 3 heteroatoms. The van der Waals surface area contributed by atoms with E-state index in [1.165, 1.54) is 50.1 Å². The maximum atomic E-state index is 3.78. The zero-order valence-corrected chi connectivity index (χ0v) is 11.7. The van der Waals surface area contributed by atoms with Crippen molar-refractivity contribution in [2.24, 2.45) is 5.92 Å². The molecule has 1 aliphatic carbocycles. The molecule has 1 saturated carbocycles. The molecular weight excluding hydrogens is 240 g/mol. The maximum Gasteiger partial charge on any atom is 0.0330 e. The molecule has 98 valence electrons. The highest BCUT2D eigenvalue weighted by molar-refractivity contribution is 7.09. The van der Waals surface area contributed by atoms with Crippen LogP contribution >= 0.6 is 11.3 Å². The van der Waals surface area contributed by atoms with Crippen molar-refractivity contribution in [3.8, 4) is 0 Å². The number of nitrogens with zero attached hydrogens (tertiary/aromatic N) is 1. The molecule has 0 radical (unpaired) electrons. The Labute approximate surface area is 113 Å². The summed E-state index contributed by atoms with van der Waals surface area (Å²) in [5.41, 5.74) is 0. The molecule has 3 atom stereocenters. The van der Waals surface area contributed by atoms with Crippen LogP contribution in [0.2, 0.25) is 0 Å². The summed E-state index contributed by atoms with van der Waals surface area (Å²) in [6, 6.07) is 7.05. The van der Waals surface area contributed by atoms with Gasteiger partial charge in [0.25, 0.3) is 0 Å². The molecule has 1 aromatic rings. The Hall–Kier alpha value is -0.380. The minimum absolute atomic E-state index is 0.833. The summed E-state index contributed by atoms with van der Waals surface area (Å²) in [4.78, 5) is 4.30. The normalized spacial score (nSPS) is 34.6. The SMILES string of the molecule is c1csc(CN(CC2CC3CCC2N3)C2CC2)c1. The molecule has 1 N–H and O–H groups in total. The molecule has 2 nitrogen and oxygen atoms in total. The van der Waals surface area contributed by atoms with E-state index in [4.69, 9.17) is 0 Å². The third kappa shape index (κ3) is 2.24. The van der Waals surface area contributed by atoms with Crippen molar-refractivity contribution in [3.05, 3.63) is 22.4 Å². The van der Waals surface area contributed by atoms with E-state index in [9.17, 15) is 0 Å². The first kappa shape index (κ1) is 11.4. The van der Waals surface area contributed by atoms with Gasteiger partial charge < -0.3 is 5.32 Å². The summed E-state index contributed by atoms with van der Waals surface area (Å²) < 4.78 is 0. The summed E-state index contributed by atoms with van der Waals surface area (Å²) in [6.45, 7) is 2.52. The van der Waals surface area contributed by atoms with Crippen molar-refractivity contribution < 1.29 is 0 Å². The van der Waals surface area contributed by atoms with Gasteiger partial charge in [0.1, 0.15) is 0 Å². The van der Waals surface area contributed by atoms with Crippen molar-refractivity contribution >= 4 is 11.3 Å². The Kier molecular flexibility index (Phi) is 2.94. The van der Waals surface area contributed by atoms with Crippen molar-refractivity contribution in [2.45, 2.75) is 56.8 Å². The molecule has 0 spiro atoms. The van der Waals surface area contributed by atoms with Gasteiger partial charge in [-0.05, 0) is 49.5 Å². The molecule has 1 aromatic heterocycles. The molecule has 0 amide bonds. The first-order valence-corrected chi connectivity index (χ1v) is 8.29. The Bertz CT molecular complexity index is 399. The van der Waals surface area contributed by atoms with Gasteiger partial charge in [0, 0.05) is 36.1 Å². The molecular formula is C15H22N2S. The van der Waals surface area contributed by atoms with E-state index in [0.29, 0.717) is 0 Å². The average molecular weight is 262 g/mol. The van der Waals surface area contributed by atoms with E-state index >= 15 is 0 Å². The predicted octanol–water partition coefficient (Wildman–Crippen LogP) is 2.85. The number of thiophene rings is 1. The lowest BCUT2D eigenvalue weighted by Gasteiger charge is -2.28. The third-order valence-corrected chi connectivity index (χ3v) is 5.76. The highest BCUT2D eigenvalue weighted by Gasteiger charge is 2.41. The largest absolute Gasteiger partial charge is 0.311 e. The van der Waals surface area contributed by atoms with Crippen LogP contribution in [0.1, 0.15) is 37.0 Å². The van der Waals surface area contributed by atoms with Gasteiger partial charge in [-0.15, -0.1) is 11.3 Å². The van der Waals surface area contributed by atoms with Gasteiger partial charge in [-0.3, -0.25) is 4.90 Å². The second kappa shape index (κ2) is 4.62. The fraction of sp³-hybridized carbons (Fsp3) is 0.733. The molecule has 18 heavy (non-hydrogen) atoms. The quantitative estimate of drug-likeness (QED) is 0.878. The van der Waals surface area contributed by atoms with E-state index in [1.807, 2.05) is 11.3 Å². The van der Waals surface area contributed by atoms with Crippen LogP contribution in [0.15, 0.2) is 17.5 Å². The average Bonchev–Trinajstić information content (AvgIpc) is 2.79. The second-order valence-electron chi connectivity index (χ2n) is 6.28. The van der Waals surface area contributed by atoms with Crippen molar-refractivity contribution in [1.82, 2.24) is 10.2 Å². The number of hydrogen-bond donors (Lipinski definition) is 1. The van der Waals surface area contributed by atoms with E-state index < -0.39 is 0 Å². The second-order valence-corrected chi connectivity index (χ2v) is 7.32. The predicted molar refractivity (Wildman–Crippen MR) is 75.8 cm³/mol.